The van der Waals surface area contributed by atoms with Gasteiger partial charge in [0.25, 0.3) is 11.1 Å². The lowest BCUT2D eigenvalue weighted by atomic mass is 10.2. The Morgan fingerprint density at radius 3 is 1.95 bits per heavy atom. The van der Waals surface area contributed by atoms with Gasteiger partial charge in [-0.15, -0.1) is 0 Å². The second kappa shape index (κ2) is 17.5. The molecule has 2 aliphatic rings. The number of allylic oxidation sites excluding steroid dienone is 6. The molecule has 2 aliphatic heterocycles. The van der Waals surface area contributed by atoms with Gasteiger partial charge in [0, 0.05) is 63.9 Å². The molecule has 3 N–H and O–H groups in total. The van der Waals surface area contributed by atoms with Gasteiger partial charge in [0.1, 0.15) is 28.5 Å². The summed E-state index contributed by atoms with van der Waals surface area (Å²) in [6.07, 6.45) is 13.2. The van der Waals surface area contributed by atoms with Crippen LogP contribution in [0.2, 0.25) is 0 Å². The Hall–Kier alpha value is -7.65. The van der Waals surface area contributed by atoms with Gasteiger partial charge in [-0.3, -0.25) is 29.8 Å². The van der Waals surface area contributed by atoms with Crippen LogP contribution < -0.4 is 31.1 Å². The molecule has 2 fully saturated rings. The lowest BCUT2D eigenvalue weighted by Gasteiger charge is -2.36. The van der Waals surface area contributed by atoms with Gasteiger partial charge >= 0.3 is 0 Å². The predicted molar refractivity (Wildman–Crippen MR) is 247 cm³/mol. The van der Waals surface area contributed by atoms with Crippen molar-refractivity contribution in [2.45, 2.75) is 6.42 Å². The Labute approximate surface area is 355 Å². The Bertz CT molecular complexity index is 3090. The zero-order chi connectivity index (χ0) is 42.6. The van der Waals surface area contributed by atoms with E-state index in [0.717, 1.165) is 92.8 Å². The van der Waals surface area contributed by atoms with Crippen molar-refractivity contribution in [3.63, 3.8) is 0 Å². The number of halogens is 1. The molecular formula is C47H45FN12O2. The first-order valence-electron chi connectivity index (χ1n) is 20.6. The summed E-state index contributed by atoms with van der Waals surface area (Å²) in [5, 5.41) is 10.8. The quantitative estimate of drug-likeness (QED) is 0.144. The smallest absolute Gasteiger partial charge is 0.280 e. The molecule has 10 rings (SSSR count). The maximum absolute atomic E-state index is 13.2. The van der Waals surface area contributed by atoms with E-state index >= 15 is 0 Å². The third-order valence-corrected chi connectivity index (χ3v) is 11.1. The number of piperazine rings is 1. The highest BCUT2D eigenvalue weighted by Gasteiger charge is 2.21. The first kappa shape index (κ1) is 39.8. The summed E-state index contributed by atoms with van der Waals surface area (Å²) in [6.45, 7) is 14.6. The monoisotopic (exact) mass is 828 g/mol. The molecule has 2 aromatic carbocycles. The van der Waals surface area contributed by atoms with Crippen LogP contribution in [0.1, 0.15) is 6.42 Å². The number of rotatable bonds is 8. The highest BCUT2D eigenvalue weighted by molar-refractivity contribution is 6.02. The number of nitrogens with zero attached hydrogens (tertiary/aromatic N) is 9. The van der Waals surface area contributed by atoms with Crippen LogP contribution in [0.4, 0.5) is 21.7 Å². The Morgan fingerprint density at radius 2 is 1.27 bits per heavy atom. The lowest BCUT2D eigenvalue weighted by molar-refractivity contribution is 0.624. The van der Waals surface area contributed by atoms with E-state index in [9.17, 15) is 14.0 Å². The summed E-state index contributed by atoms with van der Waals surface area (Å²) in [4.78, 5) is 51.2. The molecule has 14 nitrogen and oxygen atoms in total. The van der Waals surface area contributed by atoms with Crippen LogP contribution in [-0.2, 0) is 0 Å². The van der Waals surface area contributed by atoms with Crippen molar-refractivity contribution in [3.05, 3.63) is 161 Å². The summed E-state index contributed by atoms with van der Waals surface area (Å²) >= 11 is 0. The van der Waals surface area contributed by atoms with Gasteiger partial charge in [0.2, 0.25) is 0 Å². The molecular weight excluding hydrogens is 784 g/mol. The number of pyridine rings is 4. The average Bonchev–Trinajstić information content (AvgIpc) is 3.70. The van der Waals surface area contributed by atoms with Crippen molar-refractivity contribution >= 4 is 66.9 Å². The molecule has 8 heterocycles. The highest BCUT2D eigenvalue weighted by atomic mass is 19.1. The fraction of sp³-hybridized carbons (Fsp3) is 0.191. The maximum Gasteiger partial charge on any atom is 0.280 e. The minimum Gasteiger partial charge on any atom is -0.368 e. The van der Waals surface area contributed by atoms with Crippen molar-refractivity contribution in [1.29, 1.82) is 0 Å². The number of aromatic amines is 2. The maximum atomic E-state index is 13.2. The summed E-state index contributed by atoms with van der Waals surface area (Å²) in [7, 11) is 0. The first-order valence-corrected chi connectivity index (χ1v) is 20.6. The number of fused-ring (bicyclic) bond motifs is 6. The van der Waals surface area contributed by atoms with Crippen LogP contribution in [0.3, 0.4) is 0 Å². The molecule has 0 amide bonds. The zero-order valence-electron chi connectivity index (χ0n) is 34.0. The van der Waals surface area contributed by atoms with E-state index in [-0.39, 0.29) is 16.9 Å². The van der Waals surface area contributed by atoms with E-state index in [1.807, 2.05) is 78.9 Å². The Kier molecular flexibility index (Phi) is 11.2. The molecule has 0 radical (unpaired) electrons. The largest absolute Gasteiger partial charge is 0.368 e. The zero-order valence-corrected chi connectivity index (χ0v) is 34.0. The van der Waals surface area contributed by atoms with Crippen molar-refractivity contribution in [1.82, 2.24) is 44.8 Å². The number of hydrogen-bond donors (Lipinski definition) is 3. The van der Waals surface area contributed by atoms with Gasteiger partial charge in [-0.1, -0.05) is 55.7 Å². The first-order chi connectivity index (χ1) is 30.4. The normalized spacial score (nSPS) is 14.9. The number of hydrogen-bond acceptors (Lipinski definition) is 10. The van der Waals surface area contributed by atoms with Crippen LogP contribution in [0.25, 0.3) is 55.3 Å². The molecule has 2 saturated heterocycles. The number of anilines is 3. The van der Waals surface area contributed by atoms with E-state index < -0.39 is 0 Å². The topological polar surface area (TPSA) is 149 Å². The van der Waals surface area contributed by atoms with E-state index in [0.29, 0.717) is 38.5 Å². The van der Waals surface area contributed by atoms with Gasteiger partial charge in [-0.25, -0.2) is 23.7 Å². The molecule has 0 saturated carbocycles. The summed E-state index contributed by atoms with van der Waals surface area (Å²) < 4.78 is 16.2. The molecule has 0 spiro atoms. The van der Waals surface area contributed by atoms with Gasteiger partial charge in [-0.05, 0) is 79.7 Å². The Balaban J connectivity index is 0.000000160. The summed E-state index contributed by atoms with van der Waals surface area (Å²) in [5.41, 5.74) is 6.18. The predicted octanol–water partition coefficient (Wildman–Crippen LogP) is 6.57. The second-order valence-corrected chi connectivity index (χ2v) is 15.0. The van der Waals surface area contributed by atoms with E-state index in [2.05, 4.69) is 53.3 Å². The van der Waals surface area contributed by atoms with Crippen molar-refractivity contribution in [2.24, 2.45) is 0 Å². The molecule has 0 unspecified atom stereocenters. The van der Waals surface area contributed by atoms with Crippen molar-refractivity contribution in [3.8, 4) is 5.69 Å². The van der Waals surface area contributed by atoms with Gasteiger partial charge in [0.05, 0.1) is 44.2 Å². The average molecular weight is 829 g/mol. The van der Waals surface area contributed by atoms with E-state index in [1.165, 1.54) is 21.5 Å². The van der Waals surface area contributed by atoms with Gasteiger partial charge < -0.3 is 20.0 Å². The molecule has 0 atom stereocenters. The molecule has 0 aliphatic carbocycles. The van der Waals surface area contributed by atoms with Crippen molar-refractivity contribution in [2.75, 3.05) is 67.1 Å². The third-order valence-electron chi connectivity index (χ3n) is 11.1. The summed E-state index contributed by atoms with van der Waals surface area (Å²) in [5.74, 6) is 1.53. The van der Waals surface area contributed by atoms with Gasteiger partial charge in [0.15, 0.2) is 0 Å². The van der Waals surface area contributed by atoms with Crippen LogP contribution in [0.5, 0.6) is 0 Å². The van der Waals surface area contributed by atoms with E-state index in [1.54, 1.807) is 30.6 Å². The van der Waals surface area contributed by atoms with Crippen molar-refractivity contribution < 1.29 is 4.39 Å². The number of aromatic nitrogens is 8. The molecule has 0 bridgehead atoms. The molecule has 15 heteroatoms. The van der Waals surface area contributed by atoms with Crippen LogP contribution in [0, 0.1) is 5.82 Å². The minimum absolute atomic E-state index is 0.147. The highest BCUT2D eigenvalue weighted by Crippen LogP contribution is 2.26. The number of nitrogens with one attached hydrogen (secondary N) is 3. The summed E-state index contributed by atoms with van der Waals surface area (Å²) in [6, 6.07) is 24.0. The fourth-order valence-corrected chi connectivity index (χ4v) is 7.85. The minimum atomic E-state index is -0.225. The van der Waals surface area contributed by atoms with E-state index in [4.69, 9.17) is 9.97 Å². The number of H-pyrrole nitrogens is 2. The molecule has 8 aromatic rings. The molecule has 6 aromatic heterocycles. The number of para-hydroxylation sites is 1. The van der Waals surface area contributed by atoms with Crippen LogP contribution in [-0.4, -0.2) is 91.9 Å². The fourth-order valence-electron chi connectivity index (χ4n) is 7.85. The van der Waals surface area contributed by atoms with Crippen LogP contribution >= 0.6 is 0 Å². The molecule has 312 valence electrons. The van der Waals surface area contributed by atoms with Gasteiger partial charge in [-0.2, -0.15) is 0 Å². The lowest BCUT2D eigenvalue weighted by Crippen LogP contribution is -2.46. The number of benzene rings is 2. The second-order valence-electron chi connectivity index (χ2n) is 15.0. The molecule has 62 heavy (non-hydrogen) atoms. The SMILES string of the molecule is C=C/C=C\C=C/C(=C)n1[nH]c2c(cnc3ccc(N4CCCNCC4)nc32)c1=O.O=c1c2cnc3ccc(N4CCN(c5ccc(F)cc5)CC4)nc3c2[nH]n1-c1ccccc1. The third kappa shape index (κ3) is 8.00. The standard InChI is InChI=1S/C25H21FN6O.C22H24N6O/c26-17-6-8-18(9-7-17)30-12-14-31(15-13-30)22-11-10-21-24(28-22)23-20(16-27-21)25(33)32(29-23)19-4-2-1-3-5-19;1-3-4-5-6-8-16(2)28-22(29)17-15-24-18-9-10-19(25-21(18)20(17)26-28)27-13-7-11-23-12-14-27/h1-11,16,29H,12-15H2;3-6,8-10,15,23,26H,1-2,7,11-14H2/b;5-4-,8-6-. The van der Waals surface area contributed by atoms with Crippen LogP contribution in [0.15, 0.2) is 144 Å². The Morgan fingerprint density at radius 1 is 0.645 bits per heavy atom.